The Balaban J connectivity index is 1.53. The fourth-order valence-electron chi connectivity index (χ4n) is 5.50. The van der Waals surface area contributed by atoms with Gasteiger partial charge >= 0.3 is 6.09 Å². The Kier molecular flexibility index (Phi) is 8.96. The average Bonchev–Trinajstić information content (AvgIpc) is 3.40. The molecule has 4 atom stereocenters. The zero-order chi connectivity index (χ0) is 29.6. The topological polar surface area (TPSA) is 58.6 Å². The highest BCUT2D eigenvalue weighted by Gasteiger charge is 2.44. The number of nitrogens with one attached hydrogen (secondary N) is 1. The molecule has 1 aliphatic heterocycles. The van der Waals surface area contributed by atoms with Gasteiger partial charge in [-0.25, -0.2) is 18.5 Å². The summed E-state index contributed by atoms with van der Waals surface area (Å²) in [5, 5.41) is 3.47. The van der Waals surface area contributed by atoms with Crippen LogP contribution in [0.5, 0.6) is 0 Å². The van der Waals surface area contributed by atoms with Gasteiger partial charge in [0.15, 0.2) is 0 Å². The second-order valence-electron chi connectivity index (χ2n) is 10.9. The van der Waals surface area contributed by atoms with Gasteiger partial charge in [-0.15, -0.1) is 0 Å². The van der Waals surface area contributed by atoms with Crippen LogP contribution in [-0.2, 0) is 9.53 Å². The number of imide groups is 1. The molecule has 0 bridgehead atoms. The molecule has 1 N–H and O–H groups in total. The number of benzene rings is 4. The van der Waals surface area contributed by atoms with E-state index in [1.54, 1.807) is 24.3 Å². The molecule has 0 spiro atoms. The molecular weight excluding hydrogens is 534 g/mol. The van der Waals surface area contributed by atoms with Crippen LogP contribution in [0.25, 0.3) is 0 Å². The lowest BCUT2D eigenvalue weighted by Gasteiger charge is -2.33. The van der Waals surface area contributed by atoms with Crippen LogP contribution in [-0.4, -0.2) is 23.5 Å². The normalized spacial score (nSPS) is 16.9. The van der Waals surface area contributed by atoms with Crippen molar-refractivity contribution in [1.29, 1.82) is 0 Å². The first-order chi connectivity index (χ1) is 20.3. The van der Waals surface area contributed by atoms with Crippen LogP contribution in [0.1, 0.15) is 60.0 Å². The van der Waals surface area contributed by atoms with Crippen LogP contribution in [0.2, 0.25) is 0 Å². The minimum atomic E-state index is -0.683. The van der Waals surface area contributed by atoms with Gasteiger partial charge in [0.05, 0.1) is 12.0 Å². The molecule has 5 rings (SSSR count). The highest BCUT2D eigenvalue weighted by molar-refractivity contribution is 5.95. The Morgan fingerprint density at radius 3 is 2.10 bits per heavy atom. The van der Waals surface area contributed by atoms with Crippen molar-refractivity contribution in [3.63, 3.8) is 0 Å². The molecule has 216 valence electrons. The van der Waals surface area contributed by atoms with E-state index >= 15 is 0 Å². The third kappa shape index (κ3) is 6.68. The maximum atomic E-state index is 14.5. The first-order valence-corrected chi connectivity index (χ1v) is 14.2. The van der Waals surface area contributed by atoms with E-state index in [0.717, 1.165) is 22.3 Å². The molecule has 1 unspecified atom stereocenters. The van der Waals surface area contributed by atoms with Crippen LogP contribution in [0.3, 0.4) is 0 Å². The van der Waals surface area contributed by atoms with Crippen molar-refractivity contribution in [2.24, 2.45) is 5.92 Å². The SMILES string of the molecule is Cc1ccc([C@@H](Nc2ccc(F)cc2)[C@@H](CC[C@H](C)c2ccc(F)cc2)C(=O)N2C(=O)OCC2c2ccccc2)cc1. The first-order valence-electron chi connectivity index (χ1n) is 14.2. The van der Waals surface area contributed by atoms with Crippen molar-refractivity contribution in [2.75, 3.05) is 11.9 Å². The van der Waals surface area contributed by atoms with E-state index in [1.165, 1.54) is 29.2 Å². The number of hydrogen-bond donors (Lipinski definition) is 1. The van der Waals surface area contributed by atoms with Crippen molar-refractivity contribution in [3.8, 4) is 0 Å². The largest absolute Gasteiger partial charge is 0.446 e. The number of carbonyl (C=O) groups excluding carboxylic acids is 2. The number of aryl methyl sites for hydroxylation is 1. The zero-order valence-corrected chi connectivity index (χ0v) is 23.7. The number of rotatable bonds is 10. The fraction of sp³-hybridized carbons (Fsp3) is 0.257. The molecule has 1 heterocycles. The van der Waals surface area contributed by atoms with E-state index in [1.807, 2.05) is 68.4 Å². The molecule has 1 fully saturated rings. The number of hydrogen-bond acceptors (Lipinski definition) is 4. The molecule has 1 aliphatic rings. The monoisotopic (exact) mass is 568 g/mol. The first kappa shape index (κ1) is 29.0. The molecule has 0 radical (unpaired) electrons. The number of amides is 2. The Hall–Kier alpha value is -4.52. The zero-order valence-electron chi connectivity index (χ0n) is 23.7. The molecule has 1 saturated heterocycles. The lowest BCUT2D eigenvalue weighted by Crippen LogP contribution is -2.42. The summed E-state index contributed by atoms with van der Waals surface area (Å²) in [5.41, 5.74) is 4.35. The number of halogens is 2. The predicted molar refractivity (Wildman–Crippen MR) is 159 cm³/mol. The Bertz CT molecular complexity index is 1490. The van der Waals surface area contributed by atoms with E-state index in [9.17, 15) is 18.4 Å². The van der Waals surface area contributed by atoms with Crippen molar-refractivity contribution in [2.45, 2.75) is 44.7 Å². The molecule has 42 heavy (non-hydrogen) atoms. The van der Waals surface area contributed by atoms with E-state index in [0.29, 0.717) is 18.5 Å². The second kappa shape index (κ2) is 13.0. The molecule has 2 amide bonds. The van der Waals surface area contributed by atoms with Crippen molar-refractivity contribution in [1.82, 2.24) is 4.90 Å². The highest BCUT2D eigenvalue weighted by Crippen LogP contribution is 2.38. The maximum absolute atomic E-state index is 14.5. The van der Waals surface area contributed by atoms with Gasteiger partial charge in [0.25, 0.3) is 0 Å². The van der Waals surface area contributed by atoms with Gasteiger partial charge in [-0.3, -0.25) is 4.79 Å². The molecule has 5 nitrogen and oxygen atoms in total. The smallest absolute Gasteiger partial charge is 0.417 e. The number of carbonyl (C=O) groups is 2. The summed E-state index contributed by atoms with van der Waals surface area (Å²) in [5.74, 6) is -1.67. The van der Waals surface area contributed by atoms with Crippen molar-refractivity contribution in [3.05, 3.63) is 137 Å². The Morgan fingerprint density at radius 2 is 1.45 bits per heavy atom. The van der Waals surface area contributed by atoms with Gasteiger partial charge in [0, 0.05) is 5.69 Å². The Morgan fingerprint density at radius 1 is 0.857 bits per heavy atom. The summed E-state index contributed by atoms with van der Waals surface area (Å²) in [6.07, 6.45) is 0.360. The van der Waals surface area contributed by atoms with Gasteiger partial charge in [0.2, 0.25) is 5.91 Å². The molecule has 0 saturated carbocycles. The van der Waals surface area contributed by atoms with Crippen LogP contribution < -0.4 is 5.32 Å². The van der Waals surface area contributed by atoms with Gasteiger partial charge in [0.1, 0.15) is 24.3 Å². The third-order valence-corrected chi connectivity index (χ3v) is 7.97. The fourth-order valence-corrected chi connectivity index (χ4v) is 5.50. The van der Waals surface area contributed by atoms with Gasteiger partial charge in [-0.1, -0.05) is 79.2 Å². The summed E-state index contributed by atoms with van der Waals surface area (Å²) in [6.45, 7) is 4.11. The van der Waals surface area contributed by atoms with E-state index in [-0.39, 0.29) is 30.1 Å². The molecule has 0 aromatic heterocycles. The summed E-state index contributed by atoms with van der Waals surface area (Å²) < 4.78 is 32.8. The summed E-state index contributed by atoms with van der Waals surface area (Å²) in [7, 11) is 0. The van der Waals surface area contributed by atoms with E-state index < -0.39 is 24.1 Å². The average molecular weight is 569 g/mol. The number of anilines is 1. The highest BCUT2D eigenvalue weighted by atomic mass is 19.1. The molecule has 4 aromatic carbocycles. The molecule has 4 aromatic rings. The molecule has 0 aliphatic carbocycles. The minimum Gasteiger partial charge on any atom is -0.446 e. The van der Waals surface area contributed by atoms with Crippen molar-refractivity contribution >= 4 is 17.7 Å². The lowest BCUT2D eigenvalue weighted by molar-refractivity contribution is -0.134. The van der Waals surface area contributed by atoms with Crippen molar-refractivity contribution < 1.29 is 23.1 Å². The predicted octanol–water partition coefficient (Wildman–Crippen LogP) is 8.35. The Labute approximate surface area is 245 Å². The standard InChI is InChI=1S/C35H34F2N2O3/c1-23-8-11-27(12-9-23)33(38-30-19-17-29(37)18-20-30)31(21-10-24(2)25-13-15-28(36)16-14-25)34(40)39-32(22-42-35(39)41)26-6-4-3-5-7-26/h3-9,11-20,24,31-33,38H,10,21-22H2,1-2H3/t24-,31+,32?,33+/m0/s1. The number of nitrogens with zero attached hydrogens (tertiary/aromatic N) is 1. The minimum absolute atomic E-state index is 0.0286. The summed E-state index contributed by atoms with van der Waals surface area (Å²) >= 11 is 0. The van der Waals surface area contributed by atoms with Crippen LogP contribution in [0.4, 0.5) is 19.3 Å². The van der Waals surface area contributed by atoms with E-state index in [2.05, 4.69) is 5.32 Å². The summed E-state index contributed by atoms with van der Waals surface area (Å²) in [6, 6.07) is 28.6. The van der Waals surface area contributed by atoms with Crippen LogP contribution >= 0.6 is 0 Å². The van der Waals surface area contributed by atoms with Crippen LogP contribution in [0, 0.1) is 24.5 Å². The van der Waals surface area contributed by atoms with Gasteiger partial charge in [-0.2, -0.15) is 0 Å². The van der Waals surface area contributed by atoms with Gasteiger partial charge in [-0.05, 0) is 78.8 Å². The number of cyclic esters (lactones) is 1. The van der Waals surface area contributed by atoms with E-state index in [4.69, 9.17) is 4.74 Å². The quantitative estimate of drug-likeness (QED) is 0.209. The second-order valence-corrected chi connectivity index (χ2v) is 10.9. The van der Waals surface area contributed by atoms with Gasteiger partial charge < -0.3 is 10.1 Å². The molecule has 7 heteroatoms. The maximum Gasteiger partial charge on any atom is 0.417 e. The number of ether oxygens (including phenoxy) is 1. The molecular formula is C35H34F2N2O3. The lowest BCUT2D eigenvalue weighted by atomic mass is 9.83. The third-order valence-electron chi connectivity index (χ3n) is 7.97. The van der Waals surface area contributed by atoms with Crippen LogP contribution in [0.15, 0.2) is 103 Å². The summed E-state index contributed by atoms with van der Waals surface area (Å²) in [4.78, 5) is 28.9.